The smallest absolute Gasteiger partial charge is 0.333 e. The Balaban J connectivity index is 1.80. The summed E-state index contributed by atoms with van der Waals surface area (Å²) in [5, 5.41) is 6.61. The van der Waals surface area contributed by atoms with Gasteiger partial charge in [-0.15, -0.1) is 0 Å². The van der Waals surface area contributed by atoms with Gasteiger partial charge in [0.05, 0.1) is 23.7 Å². The molecule has 3 aromatic rings. The molecule has 0 unspecified atom stereocenters. The van der Waals surface area contributed by atoms with E-state index in [4.69, 9.17) is 4.74 Å². The molecule has 0 radical (unpaired) electrons. The van der Waals surface area contributed by atoms with Crippen molar-refractivity contribution in [1.82, 2.24) is 24.1 Å². The number of carbonyl (C=O) groups excluding carboxylic acids is 1. The number of benzene rings is 2. The van der Waals surface area contributed by atoms with Crippen LogP contribution in [0.15, 0.2) is 59.4 Å². The van der Waals surface area contributed by atoms with Gasteiger partial charge >= 0.3 is 5.69 Å². The summed E-state index contributed by atoms with van der Waals surface area (Å²) in [4.78, 5) is 30.2. The molecule has 1 saturated heterocycles. The van der Waals surface area contributed by atoms with E-state index in [9.17, 15) is 18.0 Å². The van der Waals surface area contributed by atoms with E-state index in [2.05, 4.69) is 22.3 Å². The number of aromatic nitrogens is 2. The second-order valence-electron chi connectivity index (χ2n) is 11.0. The maximum Gasteiger partial charge on any atom is 0.333 e. The third-order valence-electron chi connectivity index (χ3n) is 7.03. The van der Waals surface area contributed by atoms with Gasteiger partial charge in [-0.3, -0.25) is 13.9 Å². The first-order chi connectivity index (χ1) is 20.7. The molecule has 1 amide bonds. The normalized spacial score (nSPS) is 13.9. The first-order valence-corrected chi connectivity index (χ1v) is 16.7. The van der Waals surface area contributed by atoms with Crippen LogP contribution in [0.5, 0.6) is 0 Å². The quantitative estimate of drug-likeness (QED) is 0.225. The number of hydrogen-bond acceptors (Lipinski definition) is 7. The van der Waals surface area contributed by atoms with Gasteiger partial charge in [0, 0.05) is 63.7 Å². The van der Waals surface area contributed by atoms with Gasteiger partial charge in [-0.25, -0.2) is 17.9 Å². The minimum atomic E-state index is -3.54. The number of ether oxygens (including phenoxy) is 1. The molecule has 0 aliphatic carbocycles. The fraction of sp³-hybridized carbons (Fsp3) is 0.484. The van der Waals surface area contributed by atoms with Crippen molar-refractivity contribution >= 4 is 21.6 Å². The number of sulfonamides is 1. The van der Waals surface area contributed by atoms with Gasteiger partial charge < -0.3 is 20.3 Å². The number of amides is 1. The van der Waals surface area contributed by atoms with E-state index in [0.717, 1.165) is 12.1 Å². The zero-order valence-electron chi connectivity index (χ0n) is 25.3. The van der Waals surface area contributed by atoms with Crippen LogP contribution in [0.2, 0.25) is 0 Å². The van der Waals surface area contributed by atoms with Gasteiger partial charge in [0.1, 0.15) is 5.69 Å². The summed E-state index contributed by atoms with van der Waals surface area (Å²) in [6.07, 6.45) is 0.950. The zero-order chi connectivity index (χ0) is 30.8. The molecule has 43 heavy (non-hydrogen) atoms. The number of nitrogens with one attached hydrogen (secondary N) is 3. The highest BCUT2D eigenvalue weighted by molar-refractivity contribution is 7.89. The van der Waals surface area contributed by atoms with Crippen LogP contribution in [-0.2, 0) is 21.3 Å². The molecular formula is C31H44N6O5S. The SMILES string of the molecule is CCCOCCNc1cccc(-n2c(-c3ccccc3)c(C(=O)N3CCNCC3)n(CCNS(=O)(=O)CC(C)C)c2=O)c1. The summed E-state index contributed by atoms with van der Waals surface area (Å²) >= 11 is 0. The molecule has 1 fully saturated rings. The molecule has 1 aliphatic heterocycles. The molecule has 0 bridgehead atoms. The largest absolute Gasteiger partial charge is 0.383 e. The lowest BCUT2D eigenvalue weighted by Crippen LogP contribution is -2.47. The summed E-state index contributed by atoms with van der Waals surface area (Å²) in [6, 6.07) is 16.9. The summed E-state index contributed by atoms with van der Waals surface area (Å²) in [7, 11) is -3.54. The maximum absolute atomic E-state index is 14.3. The van der Waals surface area contributed by atoms with Crippen molar-refractivity contribution in [3.05, 3.63) is 70.8 Å². The van der Waals surface area contributed by atoms with E-state index >= 15 is 0 Å². The average Bonchev–Trinajstić information content (AvgIpc) is 3.28. The lowest BCUT2D eigenvalue weighted by Gasteiger charge is -2.28. The summed E-state index contributed by atoms with van der Waals surface area (Å²) in [5.74, 6) is -0.327. The number of anilines is 1. The molecule has 0 saturated carbocycles. The molecular weight excluding hydrogens is 568 g/mol. The van der Waals surface area contributed by atoms with Crippen molar-refractivity contribution in [2.45, 2.75) is 33.7 Å². The predicted octanol–water partition coefficient (Wildman–Crippen LogP) is 2.77. The highest BCUT2D eigenvalue weighted by Gasteiger charge is 2.31. The fourth-order valence-corrected chi connectivity index (χ4v) is 6.57. The molecule has 3 N–H and O–H groups in total. The fourth-order valence-electron chi connectivity index (χ4n) is 5.17. The van der Waals surface area contributed by atoms with Gasteiger partial charge in [0.15, 0.2) is 0 Å². The first kappa shape index (κ1) is 32.5. The van der Waals surface area contributed by atoms with E-state index in [1.165, 1.54) is 4.57 Å². The van der Waals surface area contributed by atoms with E-state index < -0.39 is 15.7 Å². The number of hydrogen-bond donors (Lipinski definition) is 3. The van der Waals surface area contributed by atoms with Crippen LogP contribution >= 0.6 is 0 Å². The number of nitrogens with zero attached hydrogens (tertiary/aromatic N) is 3. The van der Waals surface area contributed by atoms with E-state index in [1.54, 1.807) is 9.47 Å². The van der Waals surface area contributed by atoms with Crippen molar-refractivity contribution in [2.24, 2.45) is 5.92 Å². The first-order valence-electron chi connectivity index (χ1n) is 15.0. The number of carbonyl (C=O) groups is 1. The molecule has 2 aromatic carbocycles. The third-order valence-corrected chi connectivity index (χ3v) is 8.78. The molecule has 1 aromatic heterocycles. The van der Waals surface area contributed by atoms with Crippen molar-refractivity contribution in [1.29, 1.82) is 0 Å². The maximum atomic E-state index is 14.3. The highest BCUT2D eigenvalue weighted by atomic mass is 32.2. The minimum Gasteiger partial charge on any atom is -0.383 e. The molecule has 4 rings (SSSR count). The van der Waals surface area contributed by atoms with Gasteiger partial charge in [-0.2, -0.15) is 0 Å². The van der Waals surface area contributed by atoms with Crippen molar-refractivity contribution in [3.63, 3.8) is 0 Å². The molecule has 234 valence electrons. The van der Waals surface area contributed by atoms with E-state index in [-0.39, 0.29) is 36.4 Å². The van der Waals surface area contributed by atoms with Crippen LogP contribution in [0.3, 0.4) is 0 Å². The molecule has 1 aliphatic rings. The average molecular weight is 613 g/mol. The Bertz CT molecular complexity index is 1510. The van der Waals surface area contributed by atoms with Crippen molar-refractivity contribution in [2.75, 3.05) is 63.6 Å². The number of imidazole rings is 1. The van der Waals surface area contributed by atoms with Crippen LogP contribution in [0.4, 0.5) is 5.69 Å². The molecule has 0 spiro atoms. The van der Waals surface area contributed by atoms with Gasteiger partial charge in [0.25, 0.3) is 5.91 Å². The van der Waals surface area contributed by atoms with Crippen LogP contribution in [0.25, 0.3) is 16.9 Å². The van der Waals surface area contributed by atoms with Crippen LogP contribution < -0.4 is 21.0 Å². The highest BCUT2D eigenvalue weighted by Crippen LogP contribution is 2.28. The van der Waals surface area contributed by atoms with Gasteiger partial charge in [0.2, 0.25) is 10.0 Å². The number of piperazine rings is 1. The van der Waals surface area contributed by atoms with Crippen LogP contribution in [0, 0.1) is 5.92 Å². The van der Waals surface area contributed by atoms with E-state index in [1.807, 2.05) is 68.4 Å². The van der Waals surface area contributed by atoms with Crippen molar-refractivity contribution in [3.8, 4) is 16.9 Å². The second kappa shape index (κ2) is 15.3. The zero-order valence-corrected chi connectivity index (χ0v) is 26.2. The third kappa shape index (κ3) is 8.56. The predicted molar refractivity (Wildman–Crippen MR) is 170 cm³/mol. The summed E-state index contributed by atoms with van der Waals surface area (Å²) < 4.78 is 36.3. The lowest BCUT2D eigenvalue weighted by atomic mass is 10.1. The second-order valence-corrected chi connectivity index (χ2v) is 12.9. The molecule has 0 atom stereocenters. The standard InChI is InChI=1S/C31H44N6O5S/c1-4-20-42-21-16-33-26-11-8-12-27(22-26)37-28(25-9-6-5-7-10-25)29(30(38)35-17-13-32-14-18-35)36(31(37)39)19-15-34-43(40,41)23-24(2)3/h5-12,22,24,32-34H,4,13-21,23H2,1-3H3. The Kier molecular flexibility index (Phi) is 11.6. The van der Waals surface area contributed by atoms with Crippen molar-refractivity contribution < 1.29 is 17.9 Å². The monoisotopic (exact) mass is 612 g/mol. The minimum absolute atomic E-state index is 0.00284. The Labute approximate surface area is 254 Å². The summed E-state index contributed by atoms with van der Waals surface area (Å²) in [6.45, 7) is 9.90. The summed E-state index contributed by atoms with van der Waals surface area (Å²) in [5.41, 5.74) is 2.42. The van der Waals surface area contributed by atoms with E-state index in [0.29, 0.717) is 62.9 Å². The molecule has 12 heteroatoms. The van der Waals surface area contributed by atoms with Gasteiger partial charge in [-0.05, 0) is 30.5 Å². The number of rotatable bonds is 15. The Morgan fingerprint density at radius 2 is 1.77 bits per heavy atom. The topological polar surface area (TPSA) is 127 Å². The lowest BCUT2D eigenvalue weighted by molar-refractivity contribution is 0.0725. The van der Waals surface area contributed by atoms with Gasteiger partial charge in [-0.1, -0.05) is 57.2 Å². The van der Waals surface area contributed by atoms with Crippen LogP contribution in [-0.4, -0.2) is 86.6 Å². The van der Waals surface area contributed by atoms with Crippen LogP contribution in [0.1, 0.15) is 37.7 Å². The molecule has 2 heterocycles. The Morgan fingerprint density at radius 3 is 2.47 bits per heavy atom. The molecule has 11 nitrogen and oxygen atoms in total. The Morgan fingerprint density at radius 1 is 1.02 bits per heavy atom. The Hall–Kier alpha value is -3.45.